The Balaban J connectivity index is 4.36. The first kappa shape index (κ1) is 59.1. The van der Waals surface area contributed by atoms with E-state index in [1.807, 2.05) is 0 Å². The van der Waals surface area contributed by atoms with Crippen LogP contribution >= 0.6 is 0 Å². The van der Waals surface area contributed by atoms with Crippen molar-refractivity contribution in [3.8, 4) is 0 Å². The zero-order valence-electron chi connectivity index (χ0n) is 40.9. The summed E-state index contributed by atoms with van der Waals surface area (Å²) in [4.78, 5) is 25.4. The first-order valence-electron chi connectivity index (χ1n) is 26.1. The molecular weight excluding hydrogens is 765 g/mol. The summed E-state index contributed by atoms with van der Waals surface area (Å²) in [5.41, 5.74) is 0. The van der Waals surface area contributed by atoms with Crippen LogP contribution in [0.2, 0.25) is 0 Å². The van der Waals surface area contributed by atoms with Crippen molar-refractivity contribution < 1.29 is 23.8 Å². The quantitative estimate of drug-likeness (QED) is 0.0346. The van der Waals surface area contributed by atoms with Crippen LogP contribution < -0.4 is 0 Å². The number of unbranched alkanes of at least 4 members (excludes halogenated alkanes) is 22. The number of rotatable bonds is 47. The minimum Gasteiger partial charge on any atom is -0.462 e. The van der Waals surface area contributed by atoms with Crippen molar-refractivity contribution in [2.45, 2.75) is 245 Å². The van der Waals surface area contributed by atoms with E-state index in [0.29, 0.717) is 19.4 Å². The van der Waals surface area contributed by atoms with Gasteiger partial charge in [0.05, 0.1) is 13.2 Å². The fourth-order valence-electron chi connectivity index (χ4n) is 7.08. The van der Waals surface area contributed by atoms with Crippen LogP contribution in [0.1, 0.15) is 239 Å². The molecule has 0 fully saturated rings. The number of carbonyl (C=O) groups excluding carboxylic acids is 2. The van der Waals surface area contributed by atoms with Crippen LogP contribution in [-0.4, -0.2) is 37.9 Å². The summed E-state index contributed by atoms with van der Waals surface area (Å²) in [5, 5.41) is 0. The van der Waals surface area contributed by atoms with Crippen LogP contribution in [0.5, 0.6) is 0 Å². The van der Waals surface area contributed by atoms with E-state index in [-0.39, 0.29) is 25.2 Å². The molecule has 5 nitrogen and oxygen atoms in total. The van der Waals surface area contributed by atoms with Crippen LogP contribution in [0.15, 0.2) is 85.1 Å². The SMILES string of the molecule is CC/C=C\C/C=C\C/C=C\C/C=C\C/C=C\CCOCC(COC(=O)CCCCCCCCCCCCCCCCCCC)OC(=O)CCCCCCC/C=C\C/C=C\CCC. The summed E-state index contributed by atoms with van der Waals surface area (Å²) in [5.74, 6) is -0.451. The van der Waals surface area contributed by atoms with E-state index < -0.39 is 6.10 Å². The standard InChI is InChI=1S/C57H98O5/c1-4-7-10-13-16-19-22-25-27-29-30-33-35-38-41-44-47-50-56(58)61-54-55(62-57(59)51-48-45-42-39-36-32-24-21-18-15-12-9-6-3)53-60-52-49-46-43-40-37-34-31-28-26-23-20-17-14-11-8-5-2/h8,11-12,15,17,20-21,24,26,28,34,37,43,46,55H,4-7,9-10,13-14,16,18-19,22-23,25,27,29-33,35-36,38-42,44-45,47-54H2,1-3H3/b11-8-,15-12-,20-17-,24-21-,28-26-,37-34-,46-43-. The van der Waals surface area contributed by atoms with Crippen molar-refractivity contribution in [3.63, 3.8) is 0 Å². The van der Waals surface area contributed by atoms with Gasteiger partial charge in [0.15, 0.2) is 6.10 Å². The molecule has 5 heteroatoms. The summed E-state index contributed by atoms with van der Waals surface area (Å²) in [6, 6.07) is 0. The Kier molecular flexibility index (Phi) is 50.0. The van der Waals surface area contributed by atoms with Crippen LogP contribution in [-0.2, 0) is 23.8 Å². The van der Waals surface area contributed by atoms with Gasteiger partial charge in [-0.15, -0.1) is 0 Å². The summed E-state index contributed by atoms with van der Waals surface area (Å²) in [7, 11) is 0. The van der Waals surface area contributed by atoms with E-state index in [9.17, 15) is 9.59 Å². The molecule has 0 heterocycles. The number of allylic oxidation sites excluding steroid dienone is 13. The lowest BCUT2D eigenvalue weighted by Gasteiger charge is -2.18. The lowest BCUT2D eigenvalue weighted by molar-refractivity contribution is -0.162. The van der Waals surface area contributed by atoms with E-state index in [1.54, 1.807) is 0 Å². The third-order valence-electron chi connectivity index (χ3n) is 10.9. The second-order valence-electron chi connectivity index (χ2n) is 17.0. The van der Waals surface area contributed by atoms with Crippen molar-refractivity contribution in [2.24, 2.45) is 0 Å². The monoisotopic (exact) mass is 863 g/mol. The molecule has 0 aromatic carbocycles. The molecule has 0 spiro atoms. The second-order valence-corrected chi connectivity index (χ2v) is 17.0. The van der Waals surface area contributed by atoms with E-state index in [2.05, 4.69) is 106 Å². The molecule has 0 aliphatic carbocycles. The van der Waals surface area contributed by atoms with Gasteiger partial charge >= 0.3 is 11.9 Å². The zero-order chi connectivity index (χ0) is 44.9. The molecule has 0 aliphatic rings. The Labute approximate surface area is 384 Å². The third-order valence-corrected chi connectivity index (χ3v) is 10.9. The highest BCUT2D eigenvalue weighted by atomic mass is 16.6. The predicted octanol–water partition coefficient (Wildman–Crippen LogP) is 17.7. The molecule has 0 bridgehead atoms. The van der Waals surface area contributed by atoms with Gasteiger partial charge in [0, 0.05) is 12.8 Å². The van der Waals surface area contributed by atoms with Gasteiger partial charge in [-0.1, -0.05) is 234 Å². The van der Waals surface area contributed by atoms with Crippen LogP contribution in [0.4, 0.5) is 0 Å². The van der Waals surface area contributed by atoms with Gasteiger partial charge in [-0.25, -0.2) is 0 Å². The highest BCUT2D eigenvalue weighted by Gasteiger charge is 2.17. The molecule has 0 N–H and O–H groups in total. The molecule has 0 saturated heterocycles. The summed E-state index contributed by atoms with van der Waals surface area (Å²) < 4.78 is 17.3. The average Bonchev–Trinajstić information content (AvgIpc) is 3.27. The molecule has 1 atom stereocenters. The first-order chi connectivity index (χ1) is 30.6. The Morgan fingerprint density at radius 1 is 0.371 bits per heavy atom. The summed E-state index contributed by atoms with van der Waals surface area (Å²) in [6.45, 7) is 7.44. The highest BCUT2D eigenvalue weighted by molar-refractivity contribution is 5.70. The van der Waals surface area contributed by atoms with Gasteiger partial charge in [-0.05, 0) is 77.0 Å². The molecule has 0 amide bonds. The molecule has 1 unspecified atom stereocenters. The van der Waals surface area contributed by atoms with E-state index in [0.717, 1.165) is 89.9 Å². The van der Waals surface area contributed by atoms with Crippen LogP contribution in [0.25, 0.3) is 0 Å². The summed E-state index contributed by atoms with van der Waals surface area (Å²) in [6.07, 6.45) is 69.0. The maximum Gasteiger partial charge on any atom is 0.306 e. The summed E-state index contributed by atoms with van der Waals surface area (Å²) >= 11 is 0. The fourth-order valence-corrected chi connectivity index (χ4v) is 7.08. The topological polar surface area (TPSA) is 61.8 Å². The number of ether oxygens (including phenoxy) is 3. The lowest BCUT2D eigenvalue weighted by Crippen LogP contribution is -2.30. The first-order valence-corrected chi connectivity index (χ1v) is 26.1. The van der Waals surface area contributed by atoms with Crippen LogP contribution in [0.3, 0.4) is 0 Å². The van der Waals surface area contributed by atoms with Crippen molar-refractivity contribution in [2.75, 3.05) is 19.8 Å². The molecular formula is C57H98O5. The largest absolute Gasteiger partial charge is 0.462 e. The zero-order valence-corrected chi connectivity index (χ0v) is 40.9. The van der Waals surface area contributed by atoms with E-state index >= 15 is 0 Å². The number of esters is 2. The molecule has 62 heavy (non-hydrogen) atoms. The second kappa shape index (κ2) is 52.4. The normalized spacial score (nSPS) is 12.9. The molecule has 0 saturated carbocycles. The average molecular weight is 863 g/mol. The van der Waals surface area contributed by atoms with Gasteiger partial charge in [0.25, 0.3) is 0 Å². The van der Waals surface area contributed by atoms with Gasteiger partial charge in [0.1, 0.15) is 6.61 Å². The third kappa shape index (κ3) is 49.7. The van der Waals surface area contributed by atoms with Crippen molar-refractivity contribution >= 4 is 11.9 Å². The molecule has 0 rings (SSSR count). The minimum atomic E-state index is -0.584. The van der Waals surface area contributed by atoms with E-state index in [1.165, 1.54) is 116 Å². The minimum absolute atomic E-state index is 0.0487. The van der Waals surface area contributed by atoms with Crippen molar-refractivity contribution in [3.05, 3.63) is 85.1 Å². The maximum absolute atomic E-state index is 12.8. The number of carbonyl (C=O) groups is 2. The molecule has 0 radical (unpaired) electrons. The number of hydrogen-bond donors (Lipinski definition) is 0. The highest BCUT2D eigenvalue weighted by Crippen LogP contribution is 2.15. The van der Waals surface area contributed by atoms with E-state index in [4.69, 9.17) is 14.2 Å². The smallest absolute Gasteiger partial charge is 0.306 e. The predicted molar refractivity (Wildman–Crippen MR) is 270 cm³/mol. The molecule has 356 valence electrons. The Morgan fingerprint density at radius 3 is 1.23 bits per heavy atom. The Morgan fingerprint density at radius 2 is 0.758 bits per heavy atom. The molecule has 0 aromatic heterocycles. The van der Waals surface area contributed by atoms with Crippen molar-refractivity contribution in [1.82, 2.24) is 0 Å². The number of hydrogen-bond acceptors (Lipinski definition) is 5. The Hall–Kier alpha value is -2.92. The van der Waals surface area contributed by atoms with Gasteiger partial charge < -0.3 is 14.2 Å². The fraction of sp³-hybridized carbons (Fsp3) is 0.719. The Bertz CT molecular complexity index is 1160. The molecule has 0 aromatic rings. The van der Waals surface area contributed by atoms with Gasteiger partial charge in [-0.3, -0.25) is 9.59 Å². The molecule has 0 aliphatic heterocycles. The van der Waals surface area contributed by atoms with Crippen LogP contribution in [0, 0.1) is 0 Å². The lowest BCUT2D eigenvalue weighted by atomic mass is 10.0. The maximum atomic E-state index is 12.8. The van der Waals surface area contributed by atoms with Crippen molar-refractivity contribution in [1.29, 1.82) is 0 Å². The van der Waals surface area contributed by atoms with Gasteiger partial charge in [0.2, 0.25) is 0 Å². The van der Waals surface area contributed by atoms with Gasteiger partial charge in [-0.2, -0.15) is 0 Å².